The maximum absolute atomic E-state index is 14.1. The number of nitrogens with two attached hydrogens (primary N) is 1. The molecule has 0 fully saturated rings. The predicted octanol–water partition coefficient (Wildman–Crippen LogP) is 2.67. The van der Waals surface area contributed by atoms with Crippen LogP contribution in [0.5, 0.6) is 11.8 Å². The molecule has 0 aliphatic carbocycles. The Balaban J connectivity index is 2.56. The van der Waals surface area contributed by atoms with E-state index in [2.05, 4.69) is 9.97 Å². The topological polar surface area (TPSA) is 70.3 Å². The molecule has 1 aromatic carbocycles. The molecule has 0 spiro atoms. The third kappa shape index (κ3) is 3.18. The number of methoxy groups -OCH3 is 2. The van der Waals surface area contributed by atoms with E-state index in [1.165, 1.54) is 32.0 Å². The van der Waals surface area contributed by atoms with Crippen molar-refractivity contribution < 1.29 is 13.9 Å². The number of ether oxygens (including phenoxy) is 2. The molecule has 21 heavy (non-hydrogen) atoms. The first-order chi connectivity index (χ1) is 10.1. The normalized spacial score (nSPS) is 12.0. The Kier molecular flexibility index (Phi) is 4.85. The van der Waals surface area contributed by atoms with Gasteiger partial charge in [0.25, 0.3) is 0 Å². The Morgan fingerprint density at radius 1 is 1.19 bits per heavy atom. The van der Waals surface area contributed by atoms with E-state index < -0.39 is 5.25 Å². The molecular weight excluding hydrogens is 293 g/mol. The van der Waals surface area contributed by atoms with E-state index in [1.54, 1.807) is 18.2 Å². The molecule has 0 radical (unpaired) electrons. The van der Waals surface area contributed by atoms with Gasteiger partial charge in [-0.15, -0.1) is 11.8 Å². The lowest BCUT2D eigenvalue weighted by Crippen LogP contribution is -2.09. The average Bonchev–Trinajstić information content (AvgIpc) is 2.50. The van der Waals surface area contributed by atoms with Gasteiger partial charge in [0.1, 0.15) is 5.82 Å². The smallest absolute Gasteiger partial charge is 0.220 e. The standard InChI is InChI=1S/C14H16FN3O2S/c1-19-10-7-11(20-2)18-14(17-10)13(21-3)12-8(15)5-4-6-9(12)16/h4-7,13H,16H2,1-3H3. The van der Waals surface area contributed by atoms with E-state index in [9.17, 15) is 4.39 Å². The van der Waals surface area contributed by atoms with Crippen molar-refractivity contribution in [2.75, 3.05) is 26.2 Å². The van der Waals surface area contributed by atoms with Gasteiger partial charge >= 0.3 is 0 Å². The van der Waals surface area contributed by atoms with Gasteiger partial charge in [-0.05, 0) is 18.4 Å². The molecule has 0 bridgehead atoms. The van der Waals surface area contributed by atoms with Crippen molar-refractivity contribution in [3.63, 3.8) is 0 Å². The molecular formula is C14H16FN3O2S. The number of hydrogen-bond donors (Lipinski definition) is 1. The van der Waals surface area contributed by atoms with Crippen molar-refractivity contribution in [2.24, 2.45) is 0 Å². The molecule has 1 aromatic heterocycles. The van der Waals surface area contributed by atoms with Gasteiger partial charge in [-0.1, -0.05) is 6.07 Å². The van der Waals surface area contributed by atoms with E-state index >= 15 is 0 Å². The minimum Gasteiger partial charge on any atom is -0.481 e. The highest BCUT2D eigenvalue weighted by Gasteiger charge is 2.23. The highest BCUT2D eigenvalue weighted by atomic mass is 32.2. The molecule has 2 N–H and O–H groups in total. The number of thioether (sulfide) groups is 1. The molecule has 0 amide bonds. The van der Waals surface area contributed by atoms with Gasteiger partial charge in [0.15, 0.2) is 5.82 Å². The van der Waals surface area contributed by atoms with Crippen LogP contribution in [0.3, 0.4) is 0 Å². The molecule has 2 aromatic rings. The summed E-state index contributed by atoms with van der Waals surface area (Å²) >= 11 is 1.39. The van der Waals surface area contributed by atoms with Crippen molar-refractivity contribution >= 4 is 17.4 Å². The summed E-state index contributed by atoms with van der Waals surface area (Å²) in [7, 11) is 2.99. The van der Waals surface area contributed by atoms with E-state index in [0.717, 1.165) is 0 Å². The molecule has 1 heterocycles. The number of rotatable bonds is 5. The minimum atomic E-state index is -0.449. The number of halogens is 1. The zero-order chi connectivity index (χ0) is 15.4. The molecule has 0 saturated heterocycles. The van der Waals surface area contributed by atoms with Gasteiger partial charge in [0.2, 0.25) is 11.8 Å². The number of aromatic nitrogens is 2. The lowest BCUT2D eigenvalue weighted by Gasteiger charge is -2.17. The molecule has 112 valence electrons. The lowest BCUT2D eigenvalue weighted by molar-refractivity contribution is 0.368. The summed E-state index contributed by atoms with van der Waals surface area (Å²) in [4.78, 5) is 8.55. The molecule has 5 nitrogen and oxygen atoms in total. The fraction of sp³-hybridized carbons (Fsp3) is 0.286. The molecule has 0 saturated carbocycles. The summed E-state index contributed by atoms with van der Waals surface area (Å²) in [5.41, 5.74) is 6.63. The summed E-state index contributed by atoms with van der Waals surface area (Å²) in [6.45, 7) is 0. The zero-order valence-corrected chi connectivity index (χ0v) is 12.8. The van der Waals surface area contributed by atoms with E-state index in [4.69, 9.17) is 15.2 Å². The van der Waals surface area contributed by atoms with Crippen LogP contribution < -0.4 is 15.2 Å². The first-order valence-electron chi connectivity index (χ1n) is 6.14. The van der Waals surface area contributed by atoms with Crippen LogP contribution in [0.15, 0.2) is 24.3 Å². The molecule has 7 heteroatoms. The Morgan fingerprint density at radius 2 is 1.81 bits per heavy atom. The average molecular weight is 309 g/mol. The molecule has 0 aliphatic heterocycles. The number of anilines is 1. The van der Waals surface area contributed by atoms with Crippen LogP contribution in [0, 0.1) is 5.82 Å². The summed E-state index contributed by atoms with van der Waals surface area (Å²) in [5.74, 6) is 0.701. The summed E-state index contributed by atoms with van der Waals surface area (Å²) < 4.78 is 24.4. The van der Waals surface area contributed by atoms with Crippen molar-refractivity contribution in [3.05, 3.63) is 41.5 Å². The van der Waals surface area contributed by atoms with Gasteiger partial charge in [-0.2, -0.15) is 9.97 Å². The molecule has 1 unspecified atom stereocenters. The number of hydrogen-bond acceptors (Lipinski definition) is 6. The van der Waals surface area contributed by atoms with Crippen LogP contribution in [0.4, 0.5) is 10.1 Å². The second-order valence-electron chi connectivity index (χ2n) is 4.17. The van der Waals surface area contributed by atoms with Gasteiger partial charge in [-0.3, -0.25) is 0 Å². The second-order valence-corrected chi connectivity index (χ2v) is 5.11. The van der Waals surface area contributed by atoms with Gasteiger partial charge in [-0.25, -0.2) is 4.39 Å². The van der Waals surface area contributed by atoms with Crippen LogP contribution in [0.2, 0.25) is 0 Å². The van der Waals surface area contributed by atoms with Crippen LogP contribution in [0.1, 0.15) is 16.6 Å². The van der Waals surface area contributed by atoms with Crippen molar-refractivity contribution in [1.82, 2.24) is 9.97 Å². The third-order valence-electron chi connectivity index (χ3n) is 2.93. The maximum Gasteiger partial charge on any atom is 0.220 e. The predicted molar refractivity (Wildman–Crippen MR) is 81.3 cm³/mol. The SMILES string of the molecule is COc1cc(OC)nc(C(SC)c2c(N)cccc2F)n1. The van der Waals surface area contributed by atoms with Gasteiger partial charge < -0.3 is 15.2 Å². The number of nitrogens with zero attached hydrogens (tertiary/aromatic N) is 2. The number of nitrogen functional groups attached to an aromatic ring is 1. The quantitative estimate of drug-likeness (QED) is 0.856. The summed E-state index contributed by atoms with van der Waals surface area (Å²) in [6.07, 6.45) is 1.84. The van der Waals surface area contributed by atoms with Crippen LogP contribution in [0.25, 0.3) is 0 Å². The fourth-order valence-corrected chi connectivity index (χ4v) is 2.73. The Hall–Kier alpha value is -2.02. The van der Waals surface area contributed by atoms with Crippen LogP contribution >= 0.6 is 11.8 Å². The minimum absolute atomic E-state index is 0.353. The first kappa shape index (κ1) is 15.4. The molecule has 2 rings (SSSR count). The monoisotopic (exact) mass is 309 g/mol. The van der Waals surface area contributed by atoms with Crippen LogP contribution in [-0.4, -0.2) is 30.4 Å². The summed E-state index contributed by atoms with van der Waals surface area (Å²) in [5, 5.41) is -0.449. The van der Waals surface area contributed by atoms with Crippen molar-refractivity contribution in [3.8, 4) is 11.8 Å². The second kappa shape index (κ2) is 6.62. The first-order valence-corrected chi connectivity index (χ1v) is 7.43. The maximum atomic E-state index is 14.1. The molecule has 0 aliphatic rings. The van der Waals surface area contributed by atoms with E-state index in [0.29, 0.717) is 28.8 Å². The Bertz CT molecular complexity index is 597. The lowest BCUT2D eigenvalue weighted by atomic mass is 10.1. The summed E-state index contributed by atoms with van der Waals surface area (Å²) in [6, 6.07) is 6.15. The van der Waals surface area contributed by atoms with E-state index in [-0.39, 0.29) is 5.82 Å². The Labute approximate surface area is 126 Å². The van der Waals surface area contributed by atoms with Gasteiger partial charge in [0, 0.05) is 11.3 Å². The van der Waals surface area contributed by atoms with Crippen LogP contribution in [-0.2, 0) is 0 Å². The Morgan fingerprint density at radius 3 is 2.29 bits per heavy atom. The highest BCUT2D eigenvalue weighted by Crippen LogP contribution is 2.38. The fourth-order valence-electron chi connectivity index (χ4n) is 1.93. The number of benzene rings is 1. The zero-order valence-electron chi connectivity index (χ0n) is 12.0. The van der Waals surface area contributed by atoms with Crippen molar-refractivity contribution in [2.45, 2.75) is 5.25 Å². The largest absolute Gasteiger partial charge is 0.481 e. The van der Waals surface area contributed by atoms with Gasteiger partial charge in [0.05, 0.1) is 25.5 Å². The van der Waals surface area contributed by atoms with Crippen molar-refractivity contribution in [1.29, 1.82) is 0 Å². The highest BCUT2D eigenvalue weighted by molar-refractivity contribution is 7.99. The third-order valence-corrected chi connectivity index (χ3v) is 3.85. The van der Waals surface area contributed by atoms with E-state index in [1.807, 2.05) is 6.26 Å². The molecule has 1 atom stereocenters.